The molecule has 0 fully saturated rings. The van der Waals surface area contributed by atoms with Gasteiger partial charge in [-0.15, -0.1) is 0 Å². The first-order valence-corrected chi connectivity index (χ1v) is 5.16. The number of carbonyl (C=O) groups is 2. The van der Waals surface area contributed by atoms with Crippen LogP contribution in [0.25, 0.3) is 0 Å². The Morgan fingerprint density at radius 1 is 0.875 bits per heavy atom. The van der Waals surface area contributed by atoms with Crippen molar-refractivity contribution in [1.29, 1.82) is 0 Å². The van der Waals surface area contributed by atoms with Gasteiger partial charge in [-0.2, -0.15) is 0 Å². The van der Waals surface area contributed by atoms with Gasteiger partial charge in [-0.3, -0.25) is 0 Å². The lowest BCUT2D eigenvalue weighted by molar-refractivity contribution is -0.199. The van der Waals surface area contributed by atoms with Crippen LogP contribution in [0.5, 0.6) is 0 Å². The lowest BCUT2D eigenvalue weighted by Crippen LogP contribution is -2.29. The zero-order chi connectivity index (χ0) is 12.6. The van der Waals surface area contributed by atoms with Crippen LogP contribution in [0.15, 0.2) is 0 Å². The lowest BCUT2D eigenvalue weighted by atomic mass is 10.6. The van der Waals surface area contributed by atoms with Crippen LogP contribution >= 0.6 is 0 Å². The Morgan fingerprint density at radius 3 is 1.44 bits per heavy atom. The summed E-state index contributed by atoms with van der Waals surface area (Å²) in [6.45, 7) is 7.30. The molecule has 2 unspecified atom stereocenters. The zero-order valence-corrected chi connectivity index (χ0v) is 10.0. The van der Waals surface area contributed by atoms with E-state index in [1.165, 1.54) is 13.8 Å². The summed E-state index contributed by atoms with van der Waals surface area (Å²) in [4.78, 5) is 22.3. The van der Waals surface area contributed by atoms with Crippen LogP contribution in [0.1, 0.15) is 27.7 Å². The summed E-state index contributed by atoms with van der Waals surface area (Å²) in [6.07, 6.45) is -1.54. The van der Waals surface area contributed by atoms with Gasteiger partial charge in [-0.1, -0.05) is 0 Å². The number of hydrogen-bond donors (Lipinski definition) is 0. The topological polar surface area (TPSA) is 71.1 Å². The number of hydrogen-bond acceptors (Lipinski definition) is 6. The Kier molecular flexibility index (Phi) is 7.49. The minimum absolute atomic E-state index is 0.388. The molecule has 0 heterocycles. The van der Waals surface area contributed by atoms with Gasteiger partial charge < -0.3 is 18.9 Å². The highest BCUT2D eigenvalue weighted by Crippen LogP contribution is 1.99. The second-order valence-electron chi connectivity index (χ2n) is 2.86. The standard InChI is InChI=1S/C10H18O6/c1-5-13-7(3)15-9(11)10(12)16-8(4)14-6-2/h7-8H,5-6H2,1-4H3. The molecule has 0 radical (unpaired) electrons. The molecular formula is C10H18O6. The number of rotatable bonds is 6. The number of ether oxygens (including phenoxy) is 4. The van der Waals surface area contributed by atoms with Crippen molar-refractivity contribution in [3.63, 3.8) is 0 Å². The van der Waals surface area contributed by atoms with E-state index >= 15 is 0 Å². The molecule has 94 valence electrons. The minimum Gasteiger partial charge on any atom is -0.428 e. The molecule has 0 aromatic heterocycles. The van der Waals surface area contributed by atoms with Gasteiger partial charge in [0.2, 0.25) is 12.6 Å². The molecule has 16 heavy (non-hydrogen) atoms. The van der Waals surface area contributed by atoms with Crippen LogP contribution in [0, 0.1) is 0 Å². The molecule has 0 aliphatic rings. The third kappa shape index (κ3) is 6.36. The predicted molar refractivity (Wildman–Crippen MR) is 54.4 cm³/mol. The van der Waals surface area contributed by atoms with E-state index < -0.39 is 24.5 Å². The highest BCUT2D eigenvalue weighted by Gasteiger charge is 2.22. The summed E-state index contributed by atoms with van der Waals surface area (Å²) in [6, 6.07) is 0. The smallest absolute Gasteiger partial charge is 0.419 e. The summed E-state index contributed by atoms with van der Waals surface area (Å²) >= 11 is 0. The first-order chi connectivity index (χ1) is 7.51. The zero-order valence-electron chi connectivity index (χ0n) is 10.0. The second-order valence-corrected chi connectivity index (χ2v) is 2.86. The van der Waals surface area contributed by atoms with Crippen molar-refractivity contribution >= 4 is 11.9 Å². The van der Waals surface area contributed by atoms with E-state index in [-0.39, 0.29) is 0 Å². The van der Waals surface area contributed by atoms with Gasteiger partial charge in [0.25, 0.3) is 0 Å². The van der Waals surface area contributed by atoms with Crippen molar-refractivity contribution < 1.29 is 28.5 Å². The van der Waals surface area contributed by atoms with Crippen LogP contribution in [-0.4, -0.2) is 37.7 Å². The fourth-order valence-electron chi connectivity index (χ4n) is 0.935. The van der Waals surface area contributed by atoms with E-state index in [9.17, 15) is 9.59 Å². The molecule has 0 spiro atoms. The highest BCUT2D eigenvalue weighted by atomic mass is 16.7. The van der Waals surface area contributed by atoms with E-state index in [0.29, 0.717) is 13.2 Å². The van der Waals surface area contributed by atoms with E-state index in [0.717, 1.165) is 0 Å². The van der Waals surface area contributed by atoms with Crippen LogP contribution in [0.3, 0.4) is 0 Å². The van der Waals surface area contributed by atoms with E-state index in [2.05, 4.69) is 9.47 Å². The molecule has 0 N–H and O–H groups in total. The van der Waals surface area contributed by atoms with Gasteiger partial charge in [0.15, 0.2) is 0 Å². The third-order valence-electron chi connectivity index (χ3n) is 1.52. The maximum Gasteiger partial charge on any atom is 0.419 e. The lowest BCUT2D eigenvalue weighted by Gasteiger charge is -2.14. The molecule has 6 heteroatoms. The van der Waals surface area contributed by atoms with Crippen LogP contribution in [0.4, 0.5) is 0 Å². The first kappa shape index (κ1) is 14.9. The number of esters is 2. The van der Waals surface area contributed by atoms with Crippen molar-refractivity contribution in [2.75, 3.05) is 13.2 Å². The summed E-state index contributed by atoms with van der Waals surface area (Å²) < 4.78 is 19.1. The van der Waals surface area contributed by atoms with Gasteiger partial charge >= 0.3 is 11.9 Å². The SMILES string of the molecule is CCOC(C)OC(=O)C(=O)OC(C)OCC. The van der Waals surface area contributed by atoms with Crippen molar-refractivity contribution in [3.8, 4) is 0 Å². The van der Waals surface area contributed by atoms with Gasteiger partial charge in [0, 0.05) is 13.2 Å². The third-order valence-corrected chi connectivity index (χ3v) is 1.52. The average Bonchev–Trinajstić information content (AvgIpc) is 2.17. The Hall–Kier alpha value is -1.14. The maximum atomic E-state index is 11.1. The monoisotopic (exact) mass is 234 g/mol. The minimum atomic E-state index is -1.09. The maximum absolute atomic E-state index is 11.1. The fraction of sp³-hybridized carbons (Fsp3) is 0.800. The normalized spacial score (nSPS) is 14.0. The Balaban J connectivity index is 3.94. The number of carbonyl (C=O) groups excluding carboxylic acids is 2. The molecule has 6 nitrogen and oxygen atoms in total. The van der Waals surface area contributed by atoms with Gasteiger partial charge in [-0.25, -0.2) is 9.59 Å². The highest BCUT2D eigenvalue weighted by molar-refractivity contribution is 6.29. The van der Waals surface area contributed by atoms with Crippen molar-refractivity contribution in [2.45, 2.75) is 40.3 Å². The first-order valence-electron chi connectivity index (χ1n) is 5.16. The van der Waals surface area contributed by atoms with Crippen LogP contribution in [-0.2, 0) is 28.5 Å². The Bertz CT molecular complexity index is 203. The molecule has 0 aromatic rings. The van der Waals surface area contributed by atoms with E-state index in [1.807, 2.05) is 0 Å². The van der Waals surface area contributed by atoms with Crippen molar-refractivity contribution in [3.05, 3.63) is 0 Å². The van der Waals surface area contributed by atoms with Crippen molar-refractivity contribution in [2.24, 2.45) is 0 Å². The Labute approximate surface area is 94.8 Å². The predicted octanol–water partition coefficient (Wildman–Crippen LogP) is 0.838. The molecule has 0 amide bonds. The largest absolute Gasteiger partial charge is 0.428 e. The Morgan fingerprint density at radius 2 is 1.19 bits per heavy atom. The molecule has 0 saturated carbocycles. The molecule has 0 rings (SSSR count). The fourth-order valence-corrected chi connectivity index (χ4v) is 0.935. The van der Waals surface area contributed by atoms with Gasteiger partial charge in [0.1, 0.15) is 0 Å². The molecule has 0 bridgehead atoms. The summed E-state index contributed by atoms with van der Waals surface area (Å²) in [5, 5.41) is 0. The quantitative estimate of drug-likeness (QED) is 0.385. The molecule has 0 aliphatic carbocycles. The summed E-state index contributed by atoms with van der Waals surface area (Å²) in [5.41, 5.74) is 0. The molecule has 0 saturated heterocycles. The summed E-state index contributed by atoms with van der Waals surface area (Å²) in [5.74, 6) is -2.18. The molecular weight excluding hydrogens is 216 g/mol. The van der Waals surface area contributed by atoms with E-state index in [1.54, 1.807) is 13.8 Å². The molecule has 0 aromatic carbocycles. The average molecular weight is 234 g/mol. The molecule has 2 atom stereocenters. The van der Waals surface area contributed by atoms with E-state index in [4.69, 9.17) is 9.47 Å². The second kappa shape index (κ2) is 8.06. The molecule has 0 aliphatic heterocycles. The van der Waals surface area contributed by atoms with Crippen molar-refractivity contribution in [1.82, 2.24) is 0 Å². The summed E-state index contributed by atoms with van der Waals surface area (Å²) in [7, 11) is 0. The van der Waals surface area contributed by atoms with Gasteiger partial charge in [0.05, 0.1) is 0 Å². The van der Waals surface area contributed by atoms with Crippen LogP contribution in [0.2, 0.25) is 0 Å². The van der Waals surface area contributed by atoms with Gasteiger partial charge in [-0.05, 0) is 27.7 Å². The van der Waals surface area contributed by atoms with Crippen LogP contribution < -0.4 is 0 Å².